The maximum absolute atomic E-state index is 6.05. The molecule has 3 nitrogen and oxygen atoms in total. The van der Waals surface area contributed by atoms with E-state index >= 15 is 0 Å². The van der Waals surface area contributed by atoms with Gasteiger partial charge in [-0.05, 0) is 31.2 Å². The van der Waals surface area contributed by atoms with Gasteiger partial charge in [-0.3, -0.25) is 0 Å². The fourth-order valence-electron chi connectivity index (χ4n) is 1.99. The zero-order valence-electron chi connectivity index (χ0n) is 10.3. The molecule has 0 atom stereocenters. The third kappa shape index (κ3) is 2.61. The molecule has 0 unspecified atom stereocenters. The Bertz CT molecular complexity index is 505. The van der Waals surface area contributed by atoms with Gasteiger partial charge in [-0.15, -0.1) is 0 Å². The molecule has 0 amide bonds. The van der Waals surface area contributed by atoms with Crippen molar-refractivity contribution in [2.45, 2.75) is 33.4 Å². The monoisotopic (exact) mass is 251 g/mol. The maximum Gasteiger partial charge on any atom is 0.123 e. The van der Waals surface area contributed by atoms with Crippen LogP contribution in [0.25, 0.3) is 11.0 Å². The highest BCUT2D eigenvalue weighted by Crippen LogP contribution is 2.21. The molecule has 2 rings (SSSR count). The minimum absolute atomic E-state index is 0.768. The van der Waals surface area contributed by atoms with Gasteiger partial charge in [-0.2, -0.15) is 0 Å². The van der Waals surface area contributed by atoms with Gasteiger partial charge in [0.25, 0.3) is 0 Å². The molecule has 92 valence electrons. The number of imidazole rings is 1. The van der Waals surface area contributed by atoms with Crippen LogP contribution in [0.2, 0.25) is 5.02 Å². The molecule has 1 aromatic heterocycles. The van der Waals surface area contributed by atoms with Crippen LogP contribution in [0.4, 0.5) is 0 Å². The first kappa shape index (κ1) is 12.4. The van der Waals surface area contributed by atoms with Crippen LogP contribution in [0.1, 0.15) is 26.1 Å². The largest absolute Gasteiger partial charge is 0.327 e. The van der Waals surface area contributed by atoms with Gasteiger partial charge in [-0.25, -0.2) is 4.98 Å². The zero-order chi connectivity index (χ0) is 12.3. The lowest BCUT2D eigenvalue weighted by Crippen LogP contribution is -2.16. The van der Waals surface area contributed by atoms with Crippen LogP contribution >= 0.6 is 11.6 Å². The van der Waals surface area contributed by atoms with Crippen LogP contribution in [-0.2, 0) is 13.1 Å². The molecule has 0 aliphatic rings. The molecular formula is C13H18ClN3. The fourth-order valence-corrected chi connectivity index (χ4v) is 2.16. The molecule has 0 spiro atoms. The highest BCUT2D eigenvalue weighted by molar-refractivity contribution is 6.31. The number of aryl methyl sites for hydroxylation is 1. The van der Waals surface area contributed by atoms with Crippen molar-refractivity contribution in [1.82, 2.24) is 14.9 Å². The molecule has 17 heavy (non-hydrogen) atoms. The van der Waals surface area contributed by atoms with Crippen molar-refractivity contribution in [3.63, 3.8) is 0 Å². The Hall–Kier alpha value is -1.06. The Morgan fingerprint density at radius 1 is 1.35 bits per heavy atom. The first-order valence-electron chi connectivity index (χ1n) is 6.11. The number of fused-ring (bicyclic) bond motifs is 1. The molecule has 1 heterocycles. The third-order valence-corrected chi connectivity index (χ3v) is 3.00. The first-order valence-corrected chi connectivity index (χ1v) is 6.49. The predicted molar refractivity (Wildman–Crippen MR) is 72.4 cm³/mol. The minimum atomic E-state index is 0.768. The third-order valence-electron chi connectivity index (χ3n) is 2.77. The molecule has 0 fully saturated rings. The summed E-state index contributed by atoms with van der Waals surface area (Å²) in [6.07, 6.45) is 1.09. The van der Waals surface area contributed by atoms with Crippen LogP contribution < -0.4 is 5.32 Å². The van der Waals surface area contributed by atoms with Crippen molar-refractivity contribution in [1.29, 1.82) is 0 Å². The molecule has 1 aromatic carbocycles. The lowest BCUT2D eigenvalue weighted by molar-refractivity contribution is 0.610. The van der Waals surface area contributed by atoms with Crippen molar-refractivity contribution in [2.75, 3.05) is 6.54 Å². The summed E-state index contributed by atoms with van der Waals surface area (Å²) in [7, 11) is 0. The number of nitrogens with one attached hydrogen (secondary N) is 1. The summed E-state index contributed by atoms with van der Waals surface area (Å²) in [4.78, 5) is 4.65. The second-order valence-electron chi connectivity index (χ2n) is 4.09. The number of nitrogens with zero attached hydrogens (tertiary/aromatic N) is 2. The second-order valence-corrected chi connectivity index (χ2v) is 4.53. The predicted octanol–water partition coefficient (Wildman–Crippen LogP) is 3.21. The molecule has 0 aliphatic heterocycles. The number of aromatic nitrogens is 2. The van der Waals surface area contributed by atoms with E-state index in [4.69, 9.17) is 11.6 Å². The molecule has 0 radical (unpaired) electrons. The minimum Gasteiger partial charge on any atom is -0.327 e. The van der Waals surface area contributed by atoms with Gasteiger partial charge in [0.15, 0.2) is 0 Å². The summed E-state index contributed by atoms with van der Waals surface area (Å²) in [5.74, 6) is 1.09. The van der Waals surface area contributed by atoms with Gasteiger partial charge in [0.05, 0.1) is 17.6 Å². The van der Waals surface area contributed by atoms with Crippen LogP contribution in [0.5, 0.6) is 0 Å². The standard InChI is InChI=1S/C13H18ClN3/c1-3-7-17-12-8-10(14)5-6-11(12)16-13(17)9-15-4-2/h5-6,8,15H,3-4,7,9H2,1-2H3. The first-order chi connectivity index (χ1) is 8.26. The van der Waals surface area contributed by atoms with E-state index in [1.165, 1.54) is 0 Å². The lowest BCUT2D eigenvalue weighted by Gasteiger charge is -2.07. The average molecular weight is 252 g/mol. The Morgan fingerprint density at radius 2 is 2.18 bits per heavy atom. The highest BCUT2D eigenvalue weighted by Gasteiger charge is 2.09. The molecule has 4 heteroatoms. The van der Waals surface area contributed by atoms with Gasteiger partial charge < -0.3 is 9.88 Å². The van der Waals surface area contributed by atoms with Gasteiger partial charge in [0.1, 0.15) is 5.82 Å². The average Bonchev–Trinajstić information content (AvgIpc) is 2.65. The summed E-state index contributed by atoms with van der Waals surface area (Å²) in [6, 6.07) is 5.87. The van der Waals surface area contributed by atoms with Gasteiger partial charge in [0.2, 0.25) is 0 Å². The molecule has 2 aromatic rings. The smallest absolute Gasteiger partial charge is 0.123 e. The number of hydrogen-bond donors (Lipinski definition) is 1. The van der Waals surface area contributed by atoms with E-state index in [0.29, 0.717) is 0 Å². The SMILES string of the molecule is CCCn1c(CNCC)nc2ccc(Cl)cc21. The van der Waals surface area contributed by atoms with Crippen molar-refractivity contribution in [3.8, 4) is 0 Å². The Morgan fingerprint density at radius 3 is 2.88 bits per heavy atom. The summed E-state index contributed by atoms with van der Waals surface area (Å²) < 4.78 is 2.25. The number of rotatable bonds is 5. The molecule has 0 bridgehead atoms. The Labute approximate surface area is 107 Å². The van der Waals surface area contributed by atoms with Crippen LogP contribution in [-0.4, -0.2) is 16.1 Å². The fraction of sp³-hybridized carbons (Fsp3) is 0.462. The molecule has 0 saturated heterocycles. The normalized spacial score (nSPS) is 11.2. The van der Waals surface area contributed by atoms with E-state index in [1.54, 1.807) is 0 Å². The quantitative estimate of drug-likeness (QED) is 0.884. The number of benzene rings is 1. The Kier molecular flexibility index (Phi) is 4.02. The van der Waals surface area contributed by atoms with Crippen LogP contribution in [0.15, 0.2) is 18.2 Å². The Balaban J connectivity index is 2.46. The number of halogens is 1. The van der Waals surface area contributed by atoms with E-state index in [-0.39, 0.29) is 0 Å². The maximum atomic E-state index is 6.05. The van der Waals surface area contributed by atoms with Gasteiger partial charge in [0, 0.05) is 11.6 Å². The van der Waals surface area contributed by atoms with E-state index in [9.17, 15) is 0 Å². The second kappa shape index (κ2) is 5.52. The van der Waals surface area contributed by atoms with Crippen molar-refractivity contribution >= 4 is 22.6 Å². The van der Waals surface area contributed by atoms with Crippen LogP contribution in [0.3, 0.4) is 0 Å². The highest BCUT2D eigenvalue weighted by atomic mass is 35.5. The van der Waals surface area contributed by atoms with E-state index < -0.39 is 0 Å². The summed E-state index contributed by atoms with van der Waals surface area (Å²) >= 11 is 6.05. The molecule has 0 saturated carbocycles. The van der Waals surface area contributed by atoms with Gasteiger partial charge >= 0.3 is 0 Å². The molecule has 0 aliphatic carbocycles. The van der Waals surface area contributed by atoms with Crippen molar-refractivity contribution in [3.05, 3.63) is 29.0 Å². The van der Waals surface area contributed by atoms with E-state index in [1.807, 2.05) is 18.2 Å². The summed E-state index contributed by atoms with van der Waals surface area (Å²) in [5, 5.41) is 4.09. The topological polar surface area (TPSA) is 29.9 Å². The van der Waals surface area contributed by atoms with E-state index in [2.05, 4.69) is 28.7 Å². The van der Waals surface area contributed by atoms with Gasteiger partial charge in [-0.1, -0.05) is 25.4 Å². The van der Waals surface area contributed by atoms with Crippen molar-refractivity contribution < 1.29 is 0 Å². The van der Waals surface area contributed by atoms with Crippen molar-refractivity contribution in [2.24, 2.45) is 0 Å². The zero-order valence-corrected chi connectivity index (χ0v) is 11.1. The number of hydrogen-bond acceptors (Lipinski definition) is 2. The molecular weight excluding hydrogens is 234 g/mol. The van der Waals surface area contributed by atoms with E-state index in [0.717, 1.165) is 47.9 Å². The summed E-state index contributed by atoms with van der Waals surface area (Å²) in [6.45, 7) is 7.02. The molecule has 1 N–H and O–H groups in total. The lowest BCUT2D eigenvalue weighted by atomic mass is 10.3. The van der Waals surface area contributed by atoms with Crippen LogP contribution in [0, 0.1) is 0 Å². The summed E-state index contributed by atoms with van der Waals surface area (Å²) in [5.41, 5.74) is 2.16.